The van der Waals surface area contributed by atoms with Gasteiger partial charge in [-0.2, -0.15) is 0 Å². The van der Waals surface area contributed by atoms with Crippen LogP contribution in [0.3, 0.4) is 0 Å². The summed E-state index contributed by atoms with van der Waals surface area (Å²) in [7, 11) is 1.66. The van der Waals surface area contributed by atoms with Gasteiger partial charge in [-0.05, 0) is 55.5 Å². The van der Waals surface area contributed by atoms with Crippen molar-refractivity contribution >= 4 is 34.4 Å². The zero-order chi connectivity index (χ0) is 24.6. The van der Waals surface area contributed by atoms with Crippen molar-refractivity contribution in [3.63, 3.8) is 0 Å². The number of hydrogen-bond donors (Lipinski definition) is 2. The summed E-state index contributed by atoms with van der Waals surface area (Å²) in [4.78, 5) is 38.5. The van der Waals surface area contributed by atoms with Gasteiger partial charge in [0.15, 0.2) is 5.12 Å². The van der Waals surface area contributed by atoms with Gasteiger partial charge in [0.2, 0.25) is 11.8 Å². The SMILES string of the molecule is COC1CCC(CSC(C)=O)(C(=O)N[C@@H](Cc2ccccc2)C(=O)Nc2ccc(F)cc2)CC1. The Labute approximate surface area is 204 Å². The summed E-state index contributed by atoms with van der Waals surface area (Å²) >= 11 is 1.14. The number of benzene rings is 2. The summed E-state index contributed by atoms with van der Waals surface area (Å²) < 4.78 is 18.7. The Morgan fingerprint density at radius 1 is 1.09 bits per heavy atom. The maximum Gasteiger partial charge on any atom is 0.247 e. The fourth-order valence-corrected chi connectivity index (χ4v) is 5.09. The van der Waals surface area contributed by atoms with Gasteiger partial charge >= 0.3 is 0 Å². The minimum atomic E-state index is -0.834. The number of rotatable bonds is 9. The summed E-state index contributed by atoms with van der Waals surface area (Å²) in [6.45, 7) is 1.49. The highest BCUT2D eigenvalue weighted by Gasteiger charge is 2.43. The van der Waals surface area contributed by atoms with Crippen molar-refractivity contribution in [1.29, 1.82) is 0 Å². The molecular formula is C26H31FN2O4S. The molecule has 1 atom stereocenters. The number of nitrogens with one attached hydrogen (secondary N) is 2. The van der Waals surface area contributed by atoms with Gasteiger partial charge in [0, 0.05) is 31.9 Å². The second-order valence-corrected chi connectivity index (χ2v) is 9.86. The molecular weight excluding hydrogens is 455 g/mol. The topological polar surface area (TPSA) is 84.5 Å². The summed E-state index contributed by atoms with van der Waals surface area (Å²) in [6, 6.07) is 14.1. The first kappa shape index (κ1) is 25.9. The van der Waals surface area contributed by atoms with Crippen molar-refractivity contribution in [1.82, 2.24) is 5.32 Å². The third-order valence-electron chi connectivity index (χ3n) is 6.27. The number of halogens is 1. The molecule has 34 heavy (non-hydrogen) atoms. The minimum absolute atomic E-state index is 0.0454. The molecule has 2 aromatic carbocycles. The molecule has 0 radical (unpaired) electrons. The lowest BCUT2D eigenvalue weighted by Gasteiger charge is -2.39. The van der Waals surface area contributed by atoms with Gasteiger partial charge in [0.05, 0.1) is 11.5 Å². The normalized spacial score (nSPS) is 20.9. The second-order valence-electron chi connectivity index (χ2n) is 8.71. The number of thioether (sulfide) groups is 1. The maximum atomic E-state index is 13.6. The summed E-state index contributed by atoms with van der Waals surface area (Å²) in [6.07, 6.45) is 2.98. The van der Waals surface area contributed by atoms with Crippen LogP contribution in [0.15, 0.2) is 54.6 Å². The van der Waals surface area contributed by atoms with Crippen molar-refractivity contribution in [2.45, 2.75) is 51.2 Å². The van der Waals surface area contributed by atoms with Crippen molar-refractivity contribution in [3.8, 4) is 0 Å². The van der Waals surface area contributed by atoms with Crippen LogP contribution < -0.4 is 10.6 Å². The Kier molecular flexibility index (Phi) is 9.24. The standard InChI is InChI=1S/C26H31FN2O4S/c1-18(30)34-17-26(14-12-22(33-2)13-15-26)25(32)29-23(16-19-6-4-3-5-7-19)24(31)28-21-10-8-20(27)9-11-21/h3-11,22-23H,12-17H2,1-2H3,(H,28,31)(H,29,32)/t22?,23-,26?/m0/s1. The van der Waals surface area contributed by atoms with Gasteiger partial charge < -0.3 is 15.4 Å². The van der Waals surface area contributed by atoms with E-state index in [1.54, 1.807) is 7.11 Å². The molecule has 6 nitrogen and oxygen atoms in total. The molecule has 2 N–H and O–H groups in total. The average Bonchev–Trinajstić information content (AvgIpc) is 2.84. The maximum absolute atomic E-state index is 13.6. The molecule has 8 heteroatoms. The molecule has 0 spiro atoms. The van der Waals surface area contributed by atoms with Crippen LogP contribution in [0, 0.1) is 11.2 Å². The van der Waals surface area contributed by atoms with E-state index in [-0.39, 0.29) is 23.0 Å². The lowest BCUT2D eigenvalue weighted by molar-refractivity contribution is -0.136. The first-order valence-electron chi connectivity index (χ1n) is 11.4. The van der Waals surface area contributed by atoms with Crippen LogP contribution in [0.2, 0.25) is 0 Å². The fourth-order valence-electron chi connectivity index (χ4n) is 4.19. The van der Waals surface area contributed by atoms with E-state index in [4.69, 9.17) is 4.74 Å². The quantitative estimate of drug-likeness (QED) is 0.551. The van der Waals surface area contributed by atoms with Crippen molar-refractivity contribution in [2.75, 3.05) is 18.2 Å². The average molecular weight is 487 g/mol. The highest BCUT2D eigenvalue weighted by molar-refractivity contribution is 8.13. The van der Waals surface area contributed by atoms with E-state index >= 15 is 0 Å². The van der Waals surface area contributed by atoms with E-state index in [9.17, 15) is 18.8 Å². The number of carbonyl (C=O) groups is 3. The lowest BCUT2D eigenvalue weighted by atomic mass is 9.73. The number of anilines is 1. The van der Waals surface area contributed by atoms with E-state index in [1.165, 1.54) is 31.2 Å². The molecule has 0 heterocycles. The largest absolute Gasteiger partial charge is 0.381 e. The number of carbonyl (C=O) groups excluding carboxylic acids is 3. The predicted molar refractivity (Wildman–Crippen MR) is 132 cm³/mol. The number of ether oxygens (including phenoxy) is 1. The highest BCUT2D eigenvalue weighted by atomic mass is 32.2. The molecule has 0 bridgehead atoms. The molecule has 1 saturated carbocycles. The molecule has 3 rings (SSSR count). The molecule has 1 aliphatic carbocycles. The molecule has 1 aliphatic rings. The van der Waals surface area contributed by atoms with Gasteiger partial charge in [-0.1, -0.05) is 42.1 Å². The van der Waals surface area contributed by atoms with E-state index in [0.717, 1.165) is 17.3 Å². The zero-order valence-electron chi connectivity index (χ0n) is 19.5. The number of amides is 2. The van der Waals surface area contributed by atoms with Crippen LogP contribution in [-0.2, 0) is 25.5 Å². The van der Waals surface area contributed by atoms with E-state index in [2.05, 4.69) is 10.6 Å². The van der Waals surface area contributed by atoms with Crippen LogP contribution in [0.25, 0.3) is 0 Å². The van der Waals surface area contributed by atoms with Gasteiger partial charge in [-0.15, -0.1) is 0 Å². The number of methoxy groups -OCH3 is 1. The van der Waals surface area contributed by atoms with Crippen molar-refractivity contribution in [2.24, 2.45) is 5.41 Å². The molecule has 0 aliphatic heterocycles. The summed E-state index contributed by atoms with van der Waals surface area (Å²) in [5.41, 5.74) is 0.592. The predicted octanol–water partition coefficient (Wildman–Crippen LogP) is 4.35. The van der Waals surface area contributed by atoms with Crippen LogP contribution >= 0.6 is 11.8 Å². The molecule has 0 unspecified atom stereocenters. The Morgan fingerprint density at radius 2 is 1.74 bits per heavy atom. The fraction of sp³-hybridized carbons (Fsp3) is 0.423. The van der Waals surface area contributed by atoms with E-state index in [1.807, 2.05) is 30.3 Å². The Bertz CT molecular complexity index is 976. The van der Waals surface area contributed by atoms with Gasteiger partial charge in [-0.25, -0.2) is 4.39 Å². The first-order chi connectivity index (χ1) is 16.3. The van der Waals surface area contributed by atoms with Crippen molar-refractivity contribution in [3.05, 3.63) is 66.0 Å². The van der Waals surface area contributed by atoms with Crippen LogP contribution in [-0.4, -0.2) is 41.9 Å². The molecule has 2 aromatic rings. The van der Waals surface area contributed by atoms with Gasteiger partial charge in [0.1, 0.15) is 11.9 Å². The Hall–Kier alpha value is -2.71. The lowest BCUT2D eigenvalue weighted by Crippen LogP contribution is -2.53. The minimum Gasteiger partial charge on any atom is -0.381 e. The molecule has 2 amide bonds. The van der Waals surface area contributed by atoms with Gasteiger partial charge in [0.25, 0.3) is 0 Å². The third-order valence-corrected chi connectivity index (χ3v) is 7.38. The monoisotopic (exact) mass is 486 g/mol. The van der Waals surface area contributed by atoms with Crippen LogP contribution in [0.4, 0.5) is 10.1 Å². The molecule has 0 saturated heterocycles. The molecule has 182 valence electrons. The Balaban J connectivity index is 1.80. The summed E-state index contributed by atoms with van der Waals surface area (Å²) in [5.74, 6) is -0.652. The van der Waals surface area contributed by atoms with Crippen molar-refractivity contribution < 1.29 is 23.5 Å². The van der Waals surface area contributed by atoms with Gasteiger partial charge in [-0.3, -0.25) is 14.4 Å². The first-order valence-corrected chi connectivity index (χ1v) is 12.4. The molecule has 1 fully saturated rings. The zero-order valence-corrected chi connectivity index (χ0v) is 20.3. The number of hydrogen-bond acceptors (Lipinski definition) is 5. The third kappa shape index (κ3) is 7.14. The summed E-state index contributed by atoms with van der Waals surface area (Å²) in [5, 5.41) is 5.71. The van der Waals surface area contributed by atoms with Crippen LogP contribution in [0.5, 0.6) is 0 Å². The Morgan fingerprint density at radius 3 is 2.32 bits per heavy atom. The molecule has 0 aromatic heterocycles. The van der Waals surface area contributed by atoms with E-state index in [0.29, 0.717) is 43.5 Å². The smallest absolute Gasteiger partial charge is 0.247 e. The second kappa shape index (κ2) is 12.1. The van der Waals surface area contributed by atoms with E-state index < -0.39 is 17.3 Å². The highest BCUT2D eigenvalue weighted by Crippen LogP contribution is 2.40. The van der Waals surface area contributed by atoms with Crippen LogP contribution in [0.1, 0.15) is 38.2 Å².